The average molecular weight is 523 g/mol. The van der Waals surface area contributed by atoms with E-state index in [0.717, 1.165) is 31.2 Å². The summed E-state index contributed by atoms with van der Waals surface area (Å²) < 4.78 is 14.2. The summed E-state index contributed by atoms with van der Waals surface area (Å²) >= 11 is 0. The van der Waals surface area contributed by atoms with Gasteiger partial charge in [0.05, 0.1) is 18.0 Å². The minimum atomic E-state index is -1.33. The molecule has 6 rings (SSSR count). The second-order valence-electron chi connectivity index (χ2n) is 10.8. The number of para-hydroxylation sites is 1. The average Bonchev–Trinajstić information content (AvgIpc) is 3.41. The van der Waals surface area contributed by atoms with Crippen molar-refractivity contribution < 1.29 is 18.8 Å². The molecule has 3 aliphatic heterocycles. The molecule has 3 aromatic carbocycles. The van der Waals surface area contributed by atoms with Crippen LogP contribution in [0.15, 0.2) is 72.8 Å². The molecule has 1 amide bonds. The number of hydrogen-bond donors (Lipinski definition) is 1. The van der Waals surface area contributed by atoms with Crippen molar-refractivity contribution in [1.29, 1.82) is 0 Å². The third kappa shape index (κ3) is 3.76. The first-order valence-corrected chi connectivity index (χ1v) is 13.7. The zero-order chi connectivity index (χ0) is 27.3. The Hall–Kier alpha value is -4.06. The van der Waals surface area contributed by atoms with Crippen molar-refractivity contribution in [2.24, 2.45) is 5.92 Å². The molecule has 0 unspecified atom stereocenters. The van der Waals surface area contributed by atoms with E-state index in [0.29, 0.717) is 28.1 Å². The molecule has 1 fully saturated rings. The van der Waals surface area contributed by atoms with Crippen LogP contribution in [0.25, 0.3) is 6.08 Å². The number of rotatable bonds is 7. The Bertz CT molecular complexity index is 1510. The molecule has 198 valence electrons. The number of fused-ring (bicyclic) bond motifs is 6. The van der Waals surface area contributed by atoms with Gasteiger partial charge in [-0.05, 0) is 55.2 Å². The van der Waals surface area contributed by atoms with Crippen LogP contribution in [0.4, 0.5) is 15.8 Å². The van der Waals surface area contributed by atoms with Crippen LogP contribution < -0.4 is 10.2 Å². The minimum Gasteiger partial charge on any atom is -0.352 e. The molecule has 0 bridgehead atoms. The standard InChI is InChI=1S/C33H31FN2O3/c1-3-4-5-8-21-11-13-22(14-12-21)31(38)29-30(20(2)37)36-27-17-16-24(34)19-23(27)15-18-28(36)33(29)25-9-6-7-10-26(25)35-32(33)39/h6-7,9-19,28-30H,3-5,8H2,1-2H3,(H,35,39)/t28-,29-,30-,33-/m0/s1. The van der Waals surface area contributed by atoms with Gasteiger partial charge in [-0.1, -0.05) is 74.4 Å². The zero-order valence-electron chi connectivity index (χ0n) is 22.1. The molecular formula is C33H31FN2O3. The fourth-order valence-corrected chi connectivity index (χ4v) is 6.90. The molecule has 3 aromatic rings. The first-order valence-electron chi connectivity index (χ1n) is 13.7. The highest BCUT2D eigenvalue weighted by molar-refractivity contribution is 6.16. The van der Waals surface area contributed by atoms with E-state index in [4.69, 9.17) is 0 Å². The van der Waals surface area contributed by atoms with Crippen LogP contribution in [-0.4, -0.2) is 29.6 Å². The van der Waals surface area contributed by atoms with Crippen molar-refractivity contribution in [1.82, 2.24) is 0 Å². The van der Waals surface area contributed by atoms with Crippen LogP contribution in [0.3, 0.4) is 0 Å². The van der Waals surface area contributed by atoms with E-state index in [1.807, 2.05) is 59.5 Å². The van der Waals surface area contributed by atoms with Crippen molar-refractivity contribution in [2.45, 2.75) is 57.0 Å². The van der Waals surface area contributed by atoms with Crippen LogP contribution in [0, 0.1) is 11.7 Å². The Kier molecular flexibility index (Phi) is 6.21. The predicted octanol–water partition coefficient (Wildman–Crippen LogP) is 6.12. The summed E-state index contributed by atoms with van der Waals surface area (Å²) in [5, 5.41) is 3.01. The summed E-state index contributed by atoms with van der Waals surface area (Å²) in [4.78, 5) is 43.9. The Morgan fingerprint density at radius 2 is 1.79 bits per heavy atom. The van der Waals surface area contributed by atoms with E-state index in [1.165, 1.54) is 19.1 Å². The van der Waals surface area contributed by atoms with Gasteiger partial charge in [-0.25, -0.2) is 4.39 Å². The molecular weight excluding hydrogens is 491 g/mol. The molecule has 4 atom stereocenters. The van der Waals surface area contributed by atoms with Gasteiger partial charge in [0.15, 0.2) is 11.6 Å². The molecule has 5 nitrogen and oxygen atoms in total. The number of unbranched alkanes of at least 4 members (excludes halogenated alkanes) is 2. The molecule has 0 aliphatic carbocycles. The third-order valence-corrected chi connectivity index (χ3v) is 8.60. The largest absolute Gasteiger partial charge is 0.352 e. The summed E-state index contributed by atoms with van der Waals surface area (Å²) in [5.74, 6) is -2.12. The van der Waals surface area contributed by atoms with E-state index in [1.54, 1.807) is 12.1 Å². The van der Waals surface area contributed by atoms with Gasteiger partial charge >= 0.3 is 0 Å². The first-order chi connectivity index (χ1) is 18.9. The number of Topliss-reactive ketones (excluding diaryl/α,β-unsaturated/α-hetero) is 2. The lowest BCUT2D eigenvalue weighted by molar-refractivity contribution is -0.122. The van der Waals surface area contributed by atoms with Crippen molar-refractivity contribution in [2.75, 3.05) is 10.2 Å². The number of nitrogens with one attached hydrogen (secondary N) is 1. The van der Waals surface area contributed by atoms with Crippen LogP contribution in [0.2, 0.25) is 0 Å². The molecule has 1 N–H and O–H groups in total. The molecule has 1 saturated heterocycles. The molecule has 39 heavy (non-hydrogen) atoms. The van der Waals surface area contributed by atoms with Crippen molar-refractivity contribution >= 4 is 34.9 Å². The van der Waals surface area contributed by atoms with Gasteiger partial charge < -0.3 is 10.2 Å². The topological polar surface area (TPSA) is 66.5 Å². The molecule has 0 aromatic heterocycles. The summed E-state index contributed by atoms with van der Waals surface area (Å²) in [5.41, 5.74) is 2.92. The Balaban J connectivity index is 1.52. The number of benzene rings is 3. The number of ketones is 2. The maximum atomic E-state index is 14.5. The third-order valence-electron chi connectivity index (χ3n) is 8.60. The van der Waals surface area contributed by atoms with Crippen LogP contribution in [0.5, 0.6) is 0 Å². The van der Waals surface area contributed by atoms with E-state index in [2.05, 4.69) is 12.2 Å². The van der Waals surface area contributed by atoms with Crippen LogP contribution in [-0.2, 0) is 21.4 Å². The smallest absolute Gasteiger partial charge is 0.238 e. The predicted molar refractivity (Wildman–Crippen MR) is 150 cm³/mol. The van der Waals surface area contributed by atoms with Crippen LogP contribution in [0.1, 0.15) is 60.2 Å². The lowest BCUT2D eigenvalue weighted by Crippen LogP contribution is -2.51. The molecule has 3 heterocycles. The monoisotopic (exact) mass is 522 g/mol. The normalized spacial score (nSPS) is 24.3. The Morgan fingerprint density at radius 1 is 1.03 bits per heavy atom. The lowest BCUT2D eigenvalue weighted by atomic mass is 9.64. The number of amides is 1. The lowest BCUT2D eigenvalue weighted by Gasteiger charge is -2.37. The summed E-state index contributed by atoms with van der Waals surface area (Å²) in [6, 6.07) is 17.9. The van der Waals surface area contributed by atoms with E-state index >= 15 is 0 Å². The van der Waals surface area contributed by atoms with Gasteiger partial charge in [0.1, 0.15) is 11.2 Å². The van der Waals surface area contributed by atoms with E-state index in [-0.39, 0.29) is 23.3 Å². The highest BCUT2D eigenvalue weighted by Crippen LogP contribution is 2.57. The quantitative estimate of drug-likeness (QED) is 0.300. The van der Waals surface area contributed by atoms with E-state index in [9.17, 15) is 18.8 Å². The fraction of sp³-hybridized carbons (Fsp3) is 0.303. The Labute approximate surface area is 227 Å². The van der Waals surface area contributed by atoms with Gasteiger partial charge in [-0.3, -0.25) is 14.4 Å². The maximum absolute atomic E-state index is 14.5. The summed E-state index contributed by atoms with van der Waals surface area (Å²) in [6.07, 6.45) is 7.96. The number of hydrogen-bond acceptors (Lipinski definition) is 4. The van der Waals surface area contributed by atoms with E-state index < -0.39 is 23.4 Å². The number of carbonyl (C=O) groups is 3. The van der Waals surface area contributed by atoms with Gasteiger partial charge in [0.25, 0.3) is 0 Å². The first kappa shape index (κ1) is 25.2. The molecule has 0 saturated carbocycles. The number of carbonyl (C=O) groups excluding carboxylic acids is 3. The van der Waals surface area contributed by atoms with Crippen molar-refractivity contribution in [3.63, 3.8) is 0 Å². The highest BCUT2D eigenvalue weighted by Gasteiger charge is 2.69. The molecule has 0 radical (unpaired) electrons. The van der Waals surface area contributed by atoms with Crippen molar-refractivity contribution in [3.8, 4) is 0 Å². The Morgan fingerprint density at radius 3 is 2.54 bits per heavy atom. The van der Waals surface area contributed by atoms with Crippen molar-refractivity contribution in [3.05, 3.63) is 101 Å². The van der Waals surface area contributed by atoms with Gasteiger partial charge in [-0.2, -0.15) is 0 Å². The highest BCUT2D eigenvalue weighted by atomic mass is 19.1. The van der Waals surface area contributed by atoms with Gasteiger partial charge in [0, 0.05) is 22.5 Å². The number of anilines is 2. The summed E-state index contributed by atoms with van der Waals surface area (Å²) in [6.45, 7) is 3.64. The summed E-state index contributed by atoms with van der Waals surface area (Å²) in [7, 11) is 0. The second-order valence-corrected chi connectivity index (χ2v) is 10.8. The zero-order valence-corrected chi connectivity index (χ0v) is 22.1. The molecule has 3 aliphatic rings. The second kappa shape index (κ2) is 9.60. The van der Waals surface area contributed by atoms with Gasteiger partial charge in [0.2, 0.25) is 5.91 Å². The van der Waals surface area contributed by atoms with Crippen LogP contribution >= 0.6 is 0 Å². The maximum Gasteiger partial charge on any atom is 0.238 e. The number of nitrogens with zero attached hydrogens (tertiary/aromatic N) is 1. The molecule has 6 heteroatoms. The fourth-order valence-electron chi connectivity index (χ4n) is 6.90. The van der Waals surface area contributed by atoms with Gasteiger partial charge in [-0.15, -0.1) is 0 Å². The number of halogens is 1. The minimum absolute atomic E-state index is 0.214. The SMILES string of the molecule is CCCCCc1ccc(C(=O)[C@@H]2[C@H](C(C)=O)N3c4ccc(F)cc4C=C[C@H]3[C@]23C(=O)Nc2ccccc23)cc1. The number of aryl methyl sites for hydroxylation is 1. The molecule has 1 spiro atoms.